The van der Waals surface area contributed by atoms with Crippen LogP contribution in [0.1, 0.15) is 31.7 Å². The number of hydrogen-bond donors (Lipinski definition) is 1. The van der Waals surface area contributed by atoms with Crippen molar-refractivity contribution in [3.8, 4) is 11.5 Å². The van der Waals surface area contributed by atoms with Gasteiger partial charge in [0, 0.05) is 12.6 Å². The van der Waals surface area contributed by atoms with E-state index in [1.54, 1.807) is 7.11 Å². The van der Waals surface area contributed by atoms with Crippen LogP contribution in [0.2, 0.25) is 0 Å². The molecule has 0 amide bonds. The van der Waals surface area contributed by atoms with E-state index in [-0.39, 0.29) is 0 Å². The number of methoxy groups -OCH3 is 1. The van der Waals surface area contributed by atoms with Gasteiger partial charge in [0.05, 0.1) is 18.2 Å². The van der Waals surface area contributed by atoms with E-state index in [1.165, 1.54) is 5.56 Å². The van der Waals surface area contributed by atoms with Gasteiger partial charge in [0.25, 0.3) is 0 Å². The molecule has 0 fully saturated rings. The van der Waals surface area contributed by atoms with Crippen molar-refractivity contribution in [3.05, 3.63) is 34.3 Å². The summed E-state index contributed by atoms with van der Waals surface area (Å²) in [5.74, 6) is 1.58. The maximum Gasteiger partial charge on any atom is 0.175 e. The molecule has 0 bridgehead atoms. The lowest BCUT2D eigenvalue weighted by Gasteiger charge is -2.16. The van der Waals surface area contributed by atoms with Crippen molar-refractivity contribution in [1.29, 1.82) is 0 Å². The van der Waals surface area contributed by atoms with Gasteiger partial charge in [0.2, 0.25) is 0 Å². The Bertz CT molecular complexity index is 466. The molecule has 0 saturated carbocycles. The minimum Gasteiger partial charge on any atom is -0.493 e. The van der Waals surface area contributed by atoms with Crippen LogP contribution in [0.5, 0.6) is 11.5 Å². The molecule has 1 aromatic carbocycles. The van der Waals surface area contributed by atoms with Crippen molar-refractivity contribution in [2.45, 2.75) is 38.8 Å². The number of ether oxygens (including phenoxy) is 2. The summed E-state index contributed by atoms with van der Waals surface area (Å²) in [5, 5.41) is 3.56. The van der Waals surface area contributed by atoms with E-state index in [0.29, 0.717) is 12.6 Å². The Morgan fingerprint density at radius 2 is 2.05 bits per heavy atom. The quantitative estimate of drug-likeness (QED) is 0.760. The summed E-state index contributed by atoms with van der Waals surface area (Å²) < 4.78 is 12.1. The zero-order valence-electron chi connectivity index (χ0n) is 12.1. The van der Waals surface area contributed by atoms with Crippen LogP contribution in [-0.4, -0.2) is 19.8 Å². The Kier molecular flexibility index (Phi) is 5.92. The number of rotatable bonds is 7. The average molecular weight is 340 g/mol. The highest BCUT2D eigenvalue weighted by molar-refractivity contribution is 9.10. The molecular formula is C16H22BrNO2. The van der Waals surface area contributed by atoms with Crippen LogP contribution in [0.3, 0.4) is 0 Å². The van der Waals surface area contributed by atoms with Gasteiger partial charge in [-0.2, -0.15) is 0 Å². The predicted octanol–water partition coefficient (Wildman–Crippen LogP) is 4.05. The minimum atomic E-state index is 0.566. The van der Waals surface area contributed by atoms with E-state index in [9.17, 15) is 0 Å². The molecule has 0 heterocycles. The van der Waals surface area contributed by atoms with Gasteiger partial charge >= 0.3 is 0 Å². The Hall–Kier alpha value is -1.00. The molecule has 110 valence electrons. The molecule has 1 aromatic rings. The highest BCUT2D eigenvalue weighted by Crippen LogP contribution is 2.36. The number of hydrogen-bond acceptors (Lipinski definition) is 3. The number of halogens is 1. The highest BCUT2D eigenvalue weighted by Gasteiger charge is 2.13. The van der Waals surface area contributed by atoms with Crippen LogP contribution in [0.25, 0.3) is 0 Å². The molecule has 3 nitrogen and oxygen atoms in total. The third-order valence-corrected chi connectivity index (χ3v) is 3.93. The molecule has 0 aliphatic heterocycles. The summed E-state index contributed by atoms with van der Waals surface area (Å²) in [6, 6.07) is 4.71. The van der Waals surface area contributed by atoms with Crippen LogP contribution >= 0.6 is 15.9 Å². The molecule has 1 aliphatic carbocycles. The number of nitrogens with one attached hydrogen (secondary N) is 1. The Morgan fingerprint density at radius 1 is 1.30 bits per heavy atom. The zero-order valence-corrected chi connectivity index (χ0v) is 13.7. The molecule has 4 heteroatoms. The molecule has 0 unspecified atom stereocenters. The smallest absolute Gasteiger partial charge is 0.175 e. The van der Waals surface area contributed by atoms with Gasteiger partial charge in [-0.15, -0.1) is 0 Å². The largest absolute Gasteiger partial charge is 0.493 e. The van der Waals surface area contributed by atoms with Crippen molar-refractivity contribution in [1.82, 2.24) is 5.32 Å². The standard InChI is InChI=1S/C16H22BrNO2/c1-3-8-20-16-14(17)9-12(10-15(16)19-2)11-18-13-6-4-5-7-13/h4-5,9-10,13,18H,3,6-8,11H2,1-2H3. The van der Waals surface area contributed by atoms with E-state index in [2.05, 4.69) is 46.4 Å². The second-order valence-corrected chi connectivity index (χ2v) is 5.83. The van der Waals surface area contributed by atoms with Crippen molar-refractivity contribution < 1.29 is 9.47 Å². The van der Waals surface area contributed by atoms with Gasteiger partial charge in [0.15, 0.2) is 11.5 Å². The van der Waals surface area contributed by atoms with Gasteiger partial charge in [-0.25, -0.2) is 0 Å². The minimum absolute atomic E-state index is 0.566. The SMILES string of the molecule is CCCOc1c(Br)cc(CNC2CC=CC2)cc1OC. The molecule has 1 N–H and O–H groups in total. The van der Waals surface area contributed by atoms with Gasteiger partial charge in [0.1, 0.15) is 0 Å². The first-order valence-electron chi connectivity index (χ1n) is 7.12. The highest BCUT2D eigenvalue weighted by atomic mass is 79.9. The first kappa shape index (κ1) is 15.4. The van der Waals surface area contributed by atoms with Crippen LogP contribution in [0.15, 0.2) is 28.8 Å². The van der Waals surface area contributed by atoms with E-state index >= 15 is 0 Å². The van der Waals surface area contributed by atoms with Crippen LogP contribution in [-0.2, 0) is 6.54 Å². The first-order chi connectivity index (χ1) is 9.74. The Balaban J connectivity index is 2.04. The fourth-order valence-corrected chi connectivity index (χ4v) is 2.87. The summed E-state index contributed by atoms with van der Waals surface area (Å²) in [4.78, 5) is 0. The Morgan fingerprint density at radius 3 is 2.70 bits per heavy atom. The zero-order chi connectivity index (χ0) is 14.4. The molecule has 1 aliphatic rings. The van der Waals surface area contributed by atoms with Crippen molar-refractivity contribution in [3.63, 3.8) is 0 Å². The molecule has 0 radical (unpaired) electrons. The van der Waals surface area contributed by atoms with Crippen molar-refractivity contribution in [2.24, 2.45) is 0 Å². The normalized spacial score (nSPS) is 14.8. The molecule has 0 spiro atoms. The van der Waals surface area contributed by atoms with Gasteiger partial charge < -0.3 is 14.8 Å². The summed E-state index contributed by atoms with van der Waals surface area (Å²) in [5.41, 5.74) is 1.20. The topological polar surface area (TPSA) is 30.5 Å². The van der Waals surface area contributed by atoms with E-state index in [1.807, 2.05) is 6.07 Å². The van der Waals surface area contributed by atoms with Crippen LogP contribution in [0, 0.1) is 0 Å². The second kappa shape index (κ2) is 7.70. The van der Waals surface area contributed by atoms with Gasteiger partial charge in [-0.3, -0.25) is 0 Å². The lowest BCUT2D eigenvalue weighted by Crippen LogP contribution is -2.25. The molecule has 20 heavy (non-hydrogen) atoms. The maximum atomic E-state index is 5.74. The molecule has 0 saturated heterocycles. The van der Waals surface area contributed by atoms with E-state index in [4.69, 9.17) is 9.47 Å². The molecule has 2 rings (SSSR count). The third kappa shape index (κ3) is 4.00. The van der Waals surface area contributed by atoms with E-state index in [0.717, 1.165) is 41.8 Å². The van der Waals surface area contributed by atoms with Gasteiger partial charge in [-0.1, -0.05) is 19.1 Å². The predicted molar refractivity (Wildman–Crippen MR) is 85.5 cm³/mol. The van der Waals surface area contributed by atoms with E-state index < -0.39 is 0 Å². The average Bonchev–Trinajstić information content (AvgIpc) is 2.96. The second-order valence-electron chi connectivity index (χ2n) is 4.98. The van der Waals surface area contributed by atoms with Crippen molar-refractivity contribution in [2.75, 3.05) is 13.7 Å². The van der Waals surface area contributed by atoms with Crippen LogP contribution < -0.4 is 14.8 Å². The van der Waals surface area contributed by atoms with Gasteiger partial charge in [-0.05, 0) is 52.9 Å². The summed E-state index contributed by atoms with van der Waals surface area (Å²) in [6.45, 7) is 3.63. The molecule has 0 atom stereocenters. The summed E-state index contributed by atoms with van der Waals surface area (Å²) in [7, 11) is 1.68. The fraction of sp³-hybridized carbons (Fsp3) is 0.500. The molecular weight excluding hydrogens is 318 g/mol. The maximum absolute atomic E-state index is 5.74. The lowest BCUT2D eigenvalue weighted by atomic mass is 10.1. The monoisotopic (exact) mass is 339 g/mol. The van der Waals surface area contributed by atoms with Crippen molar-refractivity contribution >= 4 is 15.9 Å². The lowest BCUT2D eigenvalue weighted by molar-refractivity contribution is 0.292. The summed E-state index contributed by atoms with van der Waals surface area (Å²) in [6.07, 6.45) is 7.69. The number of benzene rings is 1. The third-order valence-electron chi connectivity index (χ3n) is 3.34. The molecule has 0 aromatic heterocycles. The first-order valence-corrected chi connectivity index (χ1v) is 7.91. The summed E-state index contributed by atoms with van der Waals surface area (Å²) >= 11 is 3.58. The Labute approximate surface area is 129 Å². The fourth-order valence-electron chi connectivity index (χ4n) is 2.27. The van der Waals surface area contributed by atoms with Crippen LogP contribution in [0.4, 0.5) is 0 Å².